The van der Waals surface area contributed by atoms with Crippen LogP contribution in [-0.2, 0) is 9.53 Å². The standard InChI is InChI=1S/C6H9NO2S/c1-3-5(7-4-10)6(8)9-2/h5H,3H2,1-2H3/t5-/m0/s1. The van der Waals surface area contributed by atoms with Crippen molar-refractivity contribution in [1.29, 1.82) is 0 Å². The summed E-state index contributed by atoms with van der Waals surface area (Å²) in [6, 6.07) is -0.470. The van der Waals surface area contributed by atoms with E-state index in [0.717, 1.165) is 0 Å². The van der Waals surface area contributed by atoms with Crippen LogP contribution in [0, 0.1) is 0 Å². The number of isothiocyanates is 1. The fourth-order valence-corrected chi connectivity index (χ4v) is 0.638. The number of hydrogen-bond donors (Lipinski definition) is 0. The van der Waals surface area contributed by atoms with E-state index in [-0.39, 0.29) is 5.97 Å². The van der Waals surface area contributed by atoms with Crippen LogP contribution in [0.4, 0.5) is 0 Å². The van der Waals surface area contributed by atoms with Crippen molar-refractivity contribution in [3.63, 3.8) is 0 Å². The third-order valence-corrected chi connectivity index (χ3v) is 1.17. The van der Waals surface area contributed by atoms with Crippen molar-refractivity contribution in [3.8, 4) is 0 Å². The van der Waals surface area contributed by atoms with Crippen molar-refractivity contribution in [2.75, 3.05) is 7.11 Å². The second-order valence-corrected chi connectivity index (χ2v) is 1.85. The Morgan fingerprint density at radius 2 is 2.50 bits per heavy atom. The quantitative estimate of drug-likeness (QED) is 0.351. The average Bonchev–Trinajstić information content (AvgIpc) is 1.99. The van der Waals surface area contributed by atoms with Crippen LogP contribution in [0.5, 0.6) is 0 Å². The fourth-order valence-electron chi connectivity index (χ4n) is 0.510. The van der Waals surface area contributed by atoms with Crippen molar-refractivity contribution >= 4 is 23.3 Å². The van der Waals surface area contributed by atoms with E-state index in [0.29, 0.717) is 6.42 Å². The van der Waals surface area contributed by atoms with Crippen LogP contribution in [-0.4, -0.2) is 24.3 Å². The second kappa shape index (κ2) is 5.09. The Kier molecular flexibility index (Phi) is 4.72. The minimum Gasteiger partial charge on any atom is -0.467 e. The third kappa shape index (κ3) is 2.71. The summed E-state index contributed by atoms with van der Waals surface area (Å²) < 4.78 is 4.44. The topological polar surface area (TPSA) is 38.7 Å². The predicted molar refractivity (Wildman–Crippen MR) is 41.1 cm³/mol. The molecule has 10 heavy (non-hydrogen) atoms. The van der Waals surface area contributed by atoms with Gasteiger partial charge in [-0.2, -0.15) is 0 Å². The van der Waals surface area contributed by atoms with Gasteiger partial charge in [-0.3, -0.25) is 0 Å². The van der Waals surface area contributed by atoms with Crippen LogP contribution >= 0.6 is 12.2 Å². The molecule has 0 rings (SSSR count). The molecule has 0 unspecified atom stereocenters. The van der Waals surface area contributed by atoms with Gasteiger partial charge >= 0.3 is 5.97 Å². The molecule has 0 bridgehead atoms. The lowest BCUT2D eigenvalue weighted by Crippen LogP contribution is -2.18. The van der Waals surface area contributed by atoms with Gasteiger partial charge in [-0.1, -0.05) is 6.92 Å². The summed E-state index contributed by atoms with van der Waals surface area (Å²) >= 11 is 4.34. The summed E-state index contributed by atoms with van der Waals surface area (Å²) in [5, 5.41) is 2.14. The Morgan fingerprint density at radius 1 is 1.90 bits per heavy atom. The van der Waals surface area contributed by atoms with Gasteiger partial charge in [-0.05, 0) is 18.6 Å². The molecule has 0 aliphatic heterocycles. The Labute approximate surface area is 65.1 Å². The Morgan fingerprint density at radius 3 is 2.80 bits per heavy atom. The first-order valence-corrected chi connectivity index (χ1v) is 3.31. The van der Waals surface area contributed by atoms with Gasteiger partial charge < -0.3 is 4.74 Å². The molecule has 0 saturated heterocycles. The van der Waals surface area contributed by atoms with Gasteiger partial charge in [-0.15, -0.1) is 0 Å². The van der Waals surface area contributed by atoms with Crippen molar-refractivity contribution < 1.29 is 9.53 Å². The van der Waals surface area contributed by atoms with Crippen LogP contribution in [0.1, 0.15) is 13.3 Å². The molecule has 0 saturated carbocycles. The number of esters is 1. The van der Waals surface area contributed by atoms with E-state index in [1.807, 2.05) is 6.92 Å². The Hall–Kier alpha value is -0.730. The van der Waals surface area contributed by atoms with Gasteiger partial charge in [0.1, 0.15) is 0 Å². The molecule has 1 atom stereocenters. The van der Waals surface area contributed by atoms with Gasteiger partial charge in [0.2, 0.25) is 0 Å². The third-order valence-electron chi connectivity index (χ3n) is 1.07. The van der Waals surface area contributed by atoms with Crippen molar-refractivity contribution in [3.05, 3.63) is 0 Å². The number of carbonyl (C=O) groups is 1. The average molecular weight is 159 g/mol. The number of rotatable bonds is 3. The highest BCUT2D eigenvalue weighted by atomic mass is 32.1. The van der Waals surface area contributed by atoms with E-state index in [9.17, 15) is 4.79 Å². The van der Waals surface area contributed by atoms with Crippen LogP contribution in [0.3, 0.4) is 0 Å². The van der Waals surface area contributed by atoms with Crippen LogP contribution in [0.15, 0.2) is 4.99 Å². The van der Waals surface area contributed by atoms with Gasteiger partial charge in [0, 0.05) is 0 Å². The number of thiocarbonyl (C=S) groups is 1. The van der Waals surface area contributed by atoms with Crippen LogP contribution < -0.4 is 0 Å². The number of nitrogens with zero attached hydrogens (tertiary/aromatic N) is 1. The molecule has 0 N–H and O–H groups in total. The van der Waals surface area contributed by atoms with E-state index in [1.54, 1.807) is 0 Å². The highest BCUT2D eigenvalue weighted by Gasteiger charge is 2.13. The summed E-state index contributed by atoms with van der Waals surface area (Å²) in [6.45, 7) is 1.83. The maximum Gasteiger partial charge on any atom is 0.331 e. The maximum atomic E-state index is 10.7. The highest BCUT2D eigenvalue weighted by Crippen LogP contribution is 1.97. The molecule has 3 nitrogen and oxygen atoms in total. The minimum absolute atomic E-state index is 0.361. The van der Waals surface area contributed by atoms with Crippen LogP contribution in [0.25, 0.3) is 0 Å². The van der Waals surface area contributed by atoms with Gasteiger partial charge in [-0.25, -0.2) is 9.79 Å². The summed E-state index contributed by atoms with van der Waals surface area (Å²) in [6.07, 6.45) is 0.594. The molecule has 56 valence electrons. The molecule has 0 radical (unpaired) electrons. The summed E-state index contributed by atoms with van der Waals surface area (Å²) in [5.41, 5.74) is 0. The zero-order valence-corrected chi connectivity index (χ0v) is 6.77. The number of carbonyl (C=O) groups excluding carboxylic acids is 1. The molecule has 0 fully saturated rings. The molecular formula is C6H9NO2S. The molecule has 0 heterocycles. The molecule has 0 aromatic rings. The SMILES string of the molecule is CC[C@H](N=C=S)C(=O)OC. The van der Waals surface area contributed by atoms with Gasteiger partial charge in [0.05, 0.1) is 12.3 Å². The molecular weight excluding hydrogens is 150 g/mol. The zero-order chi connectivity index (χ0) is 7.98. The first-order valence-electron chi connectivity index (χ1n) is 2.91. The normalized spacial score (nSPS) is 11.4. The Balaban J connectivity index is 4.05. The molecule has 4 heteroatoms. The molecule has 0 spiro atoms. The van der Waals surface area contributed by atoms with Crippen molar-refractivity contribution in [2.24, 2.45) is 4.99 Å². The van der Waals surface area contributed by atoms with E-state index in [4.69, 9.17) is 0 Å². The lowest BCUT2D eigenvalue weighted by molar-refractivity contribution is -0.142. The van der Waals surface area contributed by atoms with E-state index in [1.165, 1.54) is 7.11 Å². The lowest BCUT2D eigenvalue weighted by atomic mass is 10.2. The smallest absolute Gasteiger partial charge is 0.331 e. The first-order chi connectivity index (χ1) is 4.76. The fraction of sp³-hybridized carbons (Fsp3) is 0.667. The lowest BCUT2D eigenvalue weighted by Gasteiger charge is -2.03. The zero-order valence-electron chi connectivity index (χ0n) is 5.96. The van der Waals surface area contributed by atoms with E-state index in [2.05, 4.69) is 27.1 Å². The van der Waals surface area contributed by atoms with E-state index < -0.39 is 6.04 Å². The maximum absolute atomic E-state index is 10.7. The second-order valence-electron chi connectivity index (χ2n) is 1.67. The number of methoxy groups -OCH3 is 1. The van der Waals surface area contributed by atoms with Crippen LogP contribution in [0.2, 0.25) is 0 Å². The summed E-state index contributed by atoms with van der Waals surface area (Å²) in [4.78, 5) is 14.3. The highest BCUT2D eigenvalue weighted by molar-refractivity contribution is 7.78. The largest absolute Gasteiger partial charge is 0.467 e. The van der Waals surface area contributed by atoms with Gasteiger partial charge in [0.25, 0.3) is 0 Å². The van der Waals surface area contributed by atoms with Gasteiger partial charge in [0.15, 0.2) is 6.04 Å². The monoisotopic (exact) mass is 159 g/mol. The predicted octanol–water partition coefficient (Wildman–Crippen LogP) is 1.04. The molecule has 0 amide bonds. The van der Waals surface area contributed by atoms with Crippen molar-refractivity contribution in [2.45, 2.75) is 19.4 Å². The molecule has 0 aliphatic rings. The summed E-state index contributed by atoms with van der Waals surface area (Å²) in [5.74, 6) is -0.361. The first kappa shape index (κ1) is 9.27. The summed E-state index contributed by atoms with van der Waals surface area (Å²) in [7, 11) is 1.32. The molecule has 0 aromatic carbocycles. The molecule has 0 aliphatic carbocycles. The number of hydrogen-bond acceptors (Lipinski definition) is 4. The number of aliphatic imine (C=N–C) groups is 1. The molecule has 0 aromatic heterocycles. The van der Waals surface area contributed by atoms with E-state index >= 15 is 0 Å². The Bertz CT molecular complexity index is 163. The minimum atomic E-state index is -0.470. The number of ether oxygens (including phenoxy) is 1. The van der Waals surface area contributed by atoms with Crippen molar-refractivity contribution in [1.82, 2.24) is 0 Å².